The summed E-state index contributed by atoms with van der Waals surface area (Å²) >= 11 is 0. The van der Waals surface area contributed by atoms with Gasteiger partial charge in [0.15, 0.2) is 11.5 Å². The minimum Gasteiger partial charge on any atom is -0.487 e. The highest BCUT2D eigenvalue weighted by Crippen LogP contribution is 2.31. The second-order valence-electron chi connectivity index (χ2n) is 8.34. The molecule has 0 heterocycles. The van der Waals surface area contributed by atoms with Crippen LogP contribution in [0, 0.1) is 10.1 Å². The van der Waals surface area contributed by atoms with Gasteiger partial charge in [0.2, 0.25) is 5.91 Å². The maximum Gasteiger partial charge on any atom is 0.321 e. The van der Waals surface area contributed by atoms with Crippen molar-refractivity contribution in [2.24, 2.45) is 0 Å². The Morgan fingerprint density at radius 3 is 2.42 bits per heavy atom. The molecule has 0 spiro atoms. The molecule has 9 nitrogen and oxygen atoms in total. The first-order valence-corrected chi connectivity index (χ1v) is 11.6. The average molecular weight is 463 g/mol. The minimum absolute atomic E-state index is 0.0275. The molecule has 0 N–H and O–H groups in total. The predicted octanol–water partition coefficient (Wildman–Crippen LogP) is 4.46. The Bertz CT molecular complexity index is 834. The summed E-state index contributed by atoms with van der Waals surface area (Å²) in [5, 5.41) is 11.4. The zero-order valence-corrected chi connectivity index (χ0v) is 19.5. The highest BCUT2D eigenvalue weighted by Gasteiger charge is 2.25. The molecule has 182 valence electrons. The Kier molecular flexibility index (Phi) is 10.8. The standard InChI is InChI=1S/C24H34N2O7/c1-18(27)21-12-9-13-22(24(21)26(30)31)33-16-8-4-7-14-23(29)25(15-17-32-19(2)28)20-10-5-3-6-11-20/h9,12-13,20H,3-8,10-11,14-17H2,1-2H3. The number of para-hydroxylation sites is 1. The van der Waals surface area contributed by atoms with Gasteiger partial charge in [-0.3, -0.25) is 24.5 Å². The van der Waals surface area contributed by atoms with E-state index in [2.05, 4.69) is 0 Å². The van der Waals surface area contributed by atoms with E-state index in [4.69, 9.17) is 9.47 Å². The first-order valence-electron chi connectivity index (χ1n) is 11.6. The quantitative estimate of drug-likeness (QED) is 0.140. The van der Waals surface area contributed by atoms with Gasteiger partial charge >= 0.3 is 11.7 Å². The molecule has 1 aromatic carbocycles. The van der Waals surface area contributed by atoms with E-state index < -0.39 is 4.92 Å². The lowest BCUT2D eigenvalue weighted by molar-refractivity contribution is -0.386. The third kappa shape index (κ3) is 8.47. The Labute approximate surface area is 194 Å². The van der Waals surface area contributed by atoms with Gasteiger partial charge in [-0.05, 0) is 51.2 Å². The van der Waals surface area contributed by atoms with Crippen LogP contribution in [0.5, 0.6) is 5.75 Å². The lowest BCUT2D eigenvalue weighted by atomic mass is 9.94. The molecule has 9 heteroatoms. The molecule has 0 radical (unpaired) electrons. The average Bonchev–Trinajstić information content (AvgIpc) is 2.78. The van der Waals surface area contributed by atoms with Gasteiger partial charge in [-0.25, -0.2) is 0 Å². The third-order valence-corrected chi connectivity index (χ3v) is 5.83. The van der Waals surface area contributed by atoms with E-state index in [0.717, 1.165) is 32.1 Å². The van der Waals surface area contributed by atoms with Crippen LogP contribution >= 0.6 is 0 Å². The van der Waals surface area contributed by atoms with Crippen molar-refractivity contribution >= 4 is 23.3 Å². The number of rotatable bonds is 13. The van der Waals surface area contributed by atoms with E-state index in [0.29, 0.717) is 25.8 Å². The molecular formula is C24H34N2O7. The summed E-state index contributed by atoms with van der Waals surface area (Å²) in [6.07, 6.45) is 7.81. The molecule has 1 aromatic rings. The number of nitro groups is 1. The second-order valence-corrected chi connectivity index (χ2v) is 8.34. The number of carbonyl (C=O) groups excluding carboxylic acids is 3. The normalized spacial score (nSPS) is 13.9. The van der Waals surface area contributed by atoms with Crippen LogP contribution in [-0.2, 0) is 14.3 Å². The number of nitrogens with zero attached hydrogens (tertiary/aromatic N) is 2. The molecular weight excluding hydrogens is 428 g/mol. The summed E-state index contributed by atoms with van der Waals surface area (Å²) < 4.78 is 10.6. The predicted molar refractivity (Wildman–Crippen MR) is 122 cm³/mol. The van der Waals surface area contributed by atoms with Gasteiger partial charge in [0.25, 0.3) is 0 Å². The Morgan fingerprint density at radius 1 is 1.06 bits per heavy atom. The fourth-order valence-corrected chi connectivity index (χ4v) is 4.18. The van der Waals surface area contributed by atoms with Crippen LogP contribution in [0.3, 0.4) is 0 Å². The van der Waals surface area contributed by atoms with Crippen molar-refractivity contribution in [3.8, 4) is 5.75 Å². The zero-order chi connectivity index (χ0) is 24.2. The van der Waals surface area contributed by atoms with Crippen molar-refractivity contribution in [3.05, 3.63) is 33.9 Å². The summed E-state index contributed by atoms with van der Waals surface area (Å²) in [5.74, 6) is -0.584. The first-order chi connectivity index (χ1) is 15.8. The number of ether oxygens (including phenoxy) is 2. The SMILES string of the molecule is CC(=O)OCCN(C(=O)CCCCCOc1cccc(C(C)=O)c1[N+](=O)[O-])C1CCCCC1. The molecule has 1 amide bonds. The van der Waals surface area contributed by atoms with Crippen molar-refractivity contribution in [2.75, 3.05) is 19.8 Å². The van der Waals surface area contributed by atoms with Crippen LogP contribution < -0.4 is 4.74 Å². The van der Waals surface area contributed by atoms with Gasteiger partial charge in [0.1, 0.15) is 6.61 Å². The number of ketones is 1. The summed E-state index contributed by atoms with van der Waals surface area (Å²) in [4.78, 5) is 48.2. The van der Waals surface area contributed by atoms with Crippen molar-refractivity contribution in [2.45, 2.75) is 77.7 Å². The molecule has 33 heavy (non-hydrogen) atoms. The van der Waals surface area contributed by atoms with Crippen molar-refractivity contribution < 1.29 is 28.8 Å². The van der Waals surface area contributed by atoms with E-state index in [1.54, 1.807) is 6.07 Å². The van der Waals surface area contributed by atoms with Gasteiger partial charge in [-0.1, -0.05) is 25.3 Å². The fraction of sp³-hybridized carbons (Fsp3) is 0.625. The molecule has 0 bridgehead atoms. The zero-order valence-electron chi connectivity index (χ0n) is 19.5. The number of hydrogen-bond donors (Lipinski definition) is 0. The van der Waals surface area contributed by atoms with E-state index in [-0.39, 0.29) is 53.9 Å². The Hall–Kier alpha value is -2.97. The molecule has 0 atom stereocenters. The topological polar surface area (TPSA) is 116 Å². The highest BCUT2D eigenvalue weighted by atomic mass is 16.6. The van der Waals surface area contributed by atoms with E-state index in [1.165, 1.54) is 32.4 Å². The summed E-state index contributed by atoms with van der Waals surface area (Å²) in [6.45, 7) is 3.53. The summed E-state index contributed by atoms with van der Waals surface area (Å²) in [5.41, 5.74) is -0.282. The maximum absolute atomic E-state index is 12.8. The van der Waals surface area contributed by atoms with Crippen LogP contribution in [0.1, 0.15) is 82.0 Å². The molecule has 1 fully saturated rings. The number of amides is 1. The fourth-order valence-electron chi connectivity index (χ4n) is 4.18. The maximum atomic E-state index is 12.8. The third-order valence-electron chi connectivity index (χ3n) is 5.83. The molecule has 1 aliphatic rings. The van der Waals surface area contributed by atoms with Gasteiger partial charge in [0, 0.05) is 19.4 Å². The number of benzene rings is 1. The largest absolute Gasteiger partial charge is 0.487 e. The van der Waals surface area contributed by atoms with Gasteiger partial charge < -0.3 is 14.4 Å². The molecule has 0 aromatic heterocycles. The first kappa shape index (κ1) is 26.3. The number of nitro benzene ring substituents is 1. The van der Waals surface area contributed by atoms with E-state index >= 15 is 0 Å². The number of esters is 1. The monoisotopic (exact) mass is 462 g/mol. The second kappa shape index (κ2) is 13.5. The van der Waals surface area contributed by atoms with Gasteiger partial charge in [-0.15, -0.1) is 0 Å². The highest BCUT2D eigenvalue weighted by molar-refractivity contribution is 5.99. The summed E-state index contributed by atoms with van der Waals surface area (Å²) in [7, 11) is 0. The number of hydrogen-bond acceptors (Lipinski definition) is 7. The molecule has 1 aliphatic carbocycles. The van der Waals surface area contributed by atoms with Crippen LogP contribution in [-0.4, -0.2) is 53.3 Å². The number of unbranched alkanes of at least 4 members (excludes halogenated alkanes) is 2. The van der Waals surface area contributed by atoms with Crippen LogP contribution in [0.15, 0.2) is 18.2 Å². The lowest BCUT2D eigenvalue weighted by Gasteiger charge is -2.34. The van der Waals surface area contributed by atoms with Crippen molar-refractivity contribution in [1.29, 1.82) is 0 Å². The van der Waals surface area contributed by atoms with Crippen LogP contribution in [0.4, 0.5) is 5.69 Å². The molecule has 1 saturated carbocycles. The molecule has 0 aliphatic heterocycles. The van der Waals surface area contributed by atoms with Crippen LogP contribution in [0.2, 0.25) is 0 Å². The molecule has 0 saturated heterocycles. The van der Waals surface area contributed by atoms with E-state index in [9.17, 15) is 24.5 Å². The minimum atomic E-state index is -0.597. The Morgan fingerprint density at radius 2 is 1.79 bits per heavy atom. The van der Waals surface area contributed by atoms with Gasteiger partial charge in [-0.2, -0.15) is 0 Å². The summed E-state index contributed by atoms with van der Waals surface area (Å²) in [6, 6.07) is 4.67. The molecule has 0 unspecified atom stereocenters. The van der Waals surface area contributed by atoms with Crippen molar-refractivity contribution in [3.63, 3.8) is 0 Å². The van der Waals surface area contributed by atoms with Crippen LogP contribution in [0.25, 0.3) is 0 Å². The number of Topliss-reactive ketones (excluding diaryl/α,β-unsaturated/α-hetero) is 1. The van der Waals surface area contributed by atoms with Crippen molar-refractivity contribution in [1.82, 2.24) is 4.90 Å². The van der Waals surface area contributed by atoms with E-state index in [1.807, 2.05) is 4.90 Å². The smallest absolute Gasteiger partial charge is 0.321 e. The molecule has 2 rings (SSSR count). The van der Waals surface area contributed by atoms with Gasteiger partial charge in [0.05, 0.1) is 23.6 Å². The Balaban J connectivity index is 1.80. The lowest BCUT2D eigenvalue weighted by Crippen LogP contribution is -2.43. The number of carbonyl (C=O) groups is 3.